The van der Waals surface area contributed by atoms with Gasteiger partial charge in [-0.1, -0.05) is 6.07 Å². The minimum Gasteiger partial charge on any atom is -0.484 e. The molecule has 0 aliphatic carbocycles. The SMILES string of the molecule is Cc1cc(C)cc(OCC(=O)Nc2ccc(C(=O)O)s2)c1. The quantitative estimate of drug-likeness (QED) is 0.890. The Morgan fingerprint density at radius 2 is 1.86 bits per heavy atom. The molecule has 0 bridgehead atoms. The second kappa shape index (κ2) is 6.41. The van der Waals surface area contributed by atoms with Gasteiger partial charge in [0.2, 0.25) is 0 Å². The van der Waals surface area contributed by atoms with Crippen molar-refractivity contribution in [3.63, 3.8) is 0 Å². The molecule has 5 nitrogen and oxygen atoms in total. The lowest BCUT2D eigenvalue weighted by molar-refractivity contribution is -0.118. The highest BCUT2D eigenvalue weighted by Crippen LogP contribution is 2.22. The zero-order valence-electron chi connectivity index (χ0n) is 11.7. The molecule has 2 rings (SSSR count). The monoisotopic (exact) mass is 305 g/mol. The molecular formula is C15H15NO4S. The molecule has 1 aromatic heterocycles. The summed E-state index contributed by atoms with van der Waals surface area (Å²) in [6, 6.07) is 8.74. The van der Waals surface area contributed by atoms with Gasteiger partial charge in [-0.05, 0) is 49.2 Å². The molecule has 0 aliphatic heterocycles. The lowest BCUT2D eigenvalue weighted by Gasteiger charge is -2.08. The molecule has 110 valence electrons. The first-order chi connectivity index (χ1) is 9.94. The van der Waals surface area contributed by atoms with Crippen molar-refractivity contribution in [2.75, 3.05) is 11.9 Å². The van der Waals surface area contributed by atoms with Crippen molar-refractivity contribution in [3.8, 4) is 5.75 Å². The lowest BCUT2D eigenvalue weighted by Crippen LogP contribution is -2.19. The number of aromatic carboxylic acids is 1. The van der Waals surface area contributed by atoms with Gasteiger partial charge in [-0.15, -0.1) is 11.3 Å². The molecule has 1 heterocycles. The number of rotatable bonds is 5. The fourth-order valence-electron chi connectivity index (χ4n) is 1.86. The zero-order chi connectivity index (χ0) is 15.4. The first-order valence-electron chi connectivity index (χ1n) is 6.28. The minimum absolute atomic E-state index is 0.122. The predicted octanol–water partition coefficient (Wildman–Crippen LogP) is 3.08. The van der Waals surface area contributed by atoms with Gasteiger partial charge in [0.25, 0.3) is 5.91 Å². The van der Waals surface area contributed by atoms with E-state index in [9.17, 15) is 9.59 Å². The Kier molecular flexibility index (Phi) is 4.59. The Balaban J connectivity index is 1.90. The normalized spacial score (nSPS) is 10.2. The van der Waals surface area contributed by atoms with E-state index in [1.54, 1.807) is 6.07 Å². The summed E-state index contributed by atoms with van der Waals surface area (Å²) in [5.74, 6) is -0.694. The van der Waals surface area contributed by atoms with Crippen LogP contribution in [-0.2, 0) is 4.79 Å². The fourth-order valence-corrected chi connectivity index (χ4v) is 2.62. The molecule has 1 aromatic carbocycles. The van der Waals surface area contributed by atoms with Gasteiger partial charge in [0.1, 0.15) is 10.6 Å². The van der Waals surface area contributed by atoms with Crippen molar-refractivity contribution in [1.29, 1.82) is 0 Å². The second-order valence-electron chi connectivity index (χ2n) is 4.63. The number of hydrogen-bond acceptors (Lipinski definition) is 4. The molecular weight excluding hydrogens is 290 g/mol. The van der Waals surface area contributed by atoms with Gasteiger partial charge in [-0.2, -0.15) is 0 Å². The maximum atomic E-state index is 11.8. The van der Waals surface area contributed by atoms with Crippen LogP contribution in [0.25, 0.3) is 0 Å². The molecule has 6 heteroatoms. The molecule has 21 heavy (non-hydrogen) atoms. The van der Waals surface area contributed by atoms with E-state index in [4.69, 9.17) is 9.84 Å². The average molecular weight is 305 g/mol. The number of carbonyl (C=O) groups excluding carboxylic acids is 1. The number of ether oxygens (including phenoxy) is 1. The lowest BCUT2D eigenvalue weighted by atomic mass is 10.1. The Bertz CT molecular complexity index is 658. The number of hydrogen-bond donors (Lipinski definition) is 2. The van der Waals surface area contributed by atoms with E-state index in [0.29, 0.717) is 10.8 Å². The molecule has 0 fully saturated rings. The van der Waals surface area contributed by atoms with E-state index in [2.05, 4.69) is 5.32 Å². The molecule has 1 amide bonds. The van der Waals surface area contributed by atoms with Crippen LogP contribution in [0.15, 0.2) is 30.3 Å². The van der Waals surface area contributed by atoms with Crippen molar-refractivity contribution < 1.29 is 19.4 Å². The highest BCUT2D eigenvalue weighted by Gasteiger charge is 2.10. The van der Waals surface area contributed by atoms with Gasteiger partial charge in [0, 0.05) is 0 Å². The second-order valence-corrected chi connectivity index (χ2v) is 5.71. The van der Waals surface area contributed by atoms with E-state index in [1.165, 1.54) is 6.07 Å². The summed E-state index contributed by atoms with van der Waals surface area (Å²) < 4.78 is 5.43. The minimum atomic E-state index is -1.01. The van der Waals surface area contributed by atoms with Crippen LogP contribution in [0.4, 0.5) is 5.00 Å². The van der Waals surface area contributed by atoms with Crippen molar-refractivity contribution in [3.05, 3.63) is 46.3 Å². The number of carbonyl (C=O) groups is 2. The van der Waals surface area contributed by atoms with Crippen LogP contribution in [0.1, 0.15) is 20.8 Å². The summed E-state index contributed by atoms with van der Waals surface area (Å²) in [5, 5.41) is 11.9. The van der Waals surface area contributed by atoms with E-state index in [-0.39, 0.29) is 17.4 Å². The molecule has 2 aromatic rings. The summed E-state index contributed by atoms with van der Waals surface area (Å²) in [6.07, 6.45) is 0. The summed E-state index contributed by atoms with van der Waals surface area (Å²) in [5.41, 5.74) is 2.13. The van der Waals surface area contributed by atoms with Crippen LogP contribution in [0.5, 0.6) is 5.75 Å². The molecule has 0 spiro atoms. The zero-order valence-corrected chi connectivity index (χ0v) is 12.5. The standard InChI is InChI=1S/C15H15NO4S/c1-9-5-10(2)7-11(6-9)20-8-13(17)16-14-4-3-12(21-14)15(18)19/h3-7H,8H2,1-2H3,(H,16,17)(H,18,19). The van der Waals surface area contributed by atoms with E-state index < -0.39 is 5.97 Å². The first kappa shape index (κ1) is 15.1. The summed E-state index contributed by atoms with van der Waals surface area (Å²) in [4.78, 5) is 22.7. The van der Waals surface area contributed by atoms with Gasteiger partial charge in [-0.25, -0.2) is 4.79 Å². The summed E-state index contributed by atoms with van der Waals surface area (Å²) in [7, 11) is 0. The van der Waals surface area contributed by atoms with Crippen molar-refractivity contribution in [1.82, 2.24) is 0 Å². The maximum absolute atomic E-state index is 11.8. The van der Waals surface area contributed by atoms with E-state index in [1.807, 2.05) is 32.0 Å². The van der Waals surface area contributed by atoms with E-state index in [0.717, 1.165) is 22.5 Å². The molecule has 0 radical (unpaired) electrons. The van der Waals surface area contributed by atoms with E-state index >= 15 is 0 Å². The van der Waals surface area contributed by atoms with Crippen LogP contribution < -0.4 is 10.1 Å². The maximum Gasteiger partial charge on any atom is 0.345 e. The molecule has 0 saturated carbocycles. The van der Waals surface area contributed by atoms with Crippen LogP contribution in [0, 0.1) is 13.8 Å². The van der Waals surface area contributed by atoms with Gasteiger partial charge < -0.3 is 15.2 Å². The van der Waals surface area contributed by atoms with Gasteiger partial charge in [0.15, 0.2) is 6.61 Å². The smallest absolute Gasteiger partial charge is 0.345 e. The fraction of sp³-hybridized carbons (Fsp3) is 0.200. The third kappa shape index (κ3) is 4.32. The highest BCUT2D eigenvalue weighted by atomic mass is 32.1. The topological polar surface area (TPSA) is 75.6 Å². The van der Waals surface area contributed by atoms with Crippen molar-refractivity contribution >= 4 is 28.2 Å². The van der Waals surface area contributed by atoms with Crippen LogP contribution in [0.3, 0.4) is 0 Å². The Morgan fingerprint density at radius 3 is 2.43 bits per heavy atom. The number of anilines is 1. The van der Waals surface area contributed by atoms with Crippen LogP contribution in [-0.4, -0.2) is 23.6 Å². The number of nitrogens with one attached hydrogen (secondary N) is 1. The predicted molar refractivity (Wildman–Crippen MR) is 81.3 cm³/mol. The number of benzene rings is 1. The Labute approximate surface area is 126 Å². The number of carboxylic acids is 1. The molecule has 2 N–H and O–H groups in total. The van der Waals surface area contributed by atoms with Gasteiger partial charge in [0.05, 0.1) is 5.00 Å². The third-order valence-corrected chi connectivity index (χ3v) is 3.63. The summed E-state index contributed by atoms with van der Waals surface area (Å²) >= 11 is 1.01. The first-order valence-corrected chi connectivity index (χ1v) is 7.10. The summed E-state index contributed by atoms with van der Waals surface area (Å²) in [6.45, 7) is 3.79. The Morgan fingerprint density at radius 1 is 1.19 bits per heavy atom. The number of thiophene rings is 1. The van der Waals surface area contributed by atoms with Crippen LogP contribution in [0.2, 0.25) is 0 Å². The van der Waals surface area contributed by atoms with Crippen molar-refractivity contribution in [2.24, 2.45) is 0 Å². The molecule has 0 aliphatic rings. The average Bonchev–Trinajstić information content (AvgIpc) is 2.84. The van der Waals surface area contributed by atoms with Crippen LogP contribution >= 0.6 is 11.3 Å². The van der Waals surface area contributed by atoms with Gasteiger partial charge >= 0.3 is 5.97 Å². The highest BCUT2D eigenvalue weighted by molar-refractivity contribution is 7.18. The molecule has 0 saturated heterocycles. The molecule has 0 atom stereocenters. The van der Waals surface area contributed by atoms with Crippen molar-refractivity contribution in [2.45, 2.75) is 13.8 Å². The molecule has 0 unspecified atom stereocenters. The largest absolute Gasteiger partial charge is 0.484 e. The van der Waals surface area contributed by atoms with Gasteiger partial charge in [-0.3, -0.25) is 4.79 Å². The third-order valence-electron chi connectivity index (χ3n) is 2.64. The number of amides is 1. The Hall–Kier alpha value is -2.34. The number of aryl methyl sites for hydroxylation is 2. The number of carboxylic acid groups (broad SMARTS) is 1.